The number of esters is 1. The molecular weight excluding hydrogens is 462 g/mol. The summed E-state index contributed by atoms with van der Waals surface area (Å²) in [6.45, 7) is 0. The Hall–Kier alpha value is -4.15. The third-order valence-electron chi connectivity index (χ3n) is 6.11. The number of nitrogens with one attached hydrogen (secondary N) is 1. The molecule has 0 radical (unpaired) electrons. The summed E-state index contributed by atoms with van der Waals surface area (Å²) in [7, 11) is 0. The molecule has 36 heavy (non-hydrogen) atoms. The highest BCUT2D eigenvalue weighted by Crippen LogP contribution is 2.36. The van der Waals surface area contributed by atoms with Crippen LogP contribution in [0.25, 0.3) is 21.5 Å². The van der Waals surface area contributed by atoms with Crippen molar-refractivity contribution in [3.05, 3.63) is 143 Å². The summed E-state index contributed by atoms with van der Waals surface area (Å²) in [4.78, 5) is 17.0. The van der Waals surface area contributed by atoms with Crippen molar-refractivity contribution in [3.63, 3.8) is 0 Å². The summed E-state index contributed by atoms with van der Waals surface area (Å²) in [5.74, 6) is -0.181. The van der Waals surface area contributed by atoms with Gasteiger partial charge in [-0.2, -0.15) is 0 Å². The summed E-state index contributed by atoms with van der Waals surface area (Å²) in [6.07, 6.45) is 4.36. The van der Waals surface area contributed by atoms with Gasteiger partial charge in [0.15, 0.2) is 6.10 Å². The maximum atomic E-state index is 12.9. The van der Waals surface area contributed by atoms with Gasteiger partial charge in [0.25, 0.3) is 0 Å². The molecule has 0 amide bonds. The first-order chi connectivity index (χ1) is 17.8. The number of aromatic amines is 1. The number of hydrogen-bond donors (Lipinski definition) is 1. The highest BCUT2D eigenvalue weighted by atomic mass is 32.1. The van der Waals surface area contributed by atoms with Gasteiger partial charge in [0.2, 0.25) is 0 Å². The van der Waals surface area contributed by atoms with Crippen molar-refractivity contribution in [2.75, 3.05) is 0 Å². The van der Waals surface area contributed by atoms with E-state index in [1.165, 1.54) is 4.88 Å². The smallest absolute Gasteiger partial charge is 0.307 e. The molecule has 0 fully saturated rings. The number of thiophene rings is 1. The second-order valence-corrected chi connectivity index (χ2v) is 9.50. The number of H-pyrrole nitrogens is 1. The Morgan fingerprint density at radius 1 is 0.694 bits per heavy atom. The van der Waals surface area contributed by atoms with Crippen molar-refractivity contribution >= 4 is 38.9 Å². The zero-order valence-electron chi connectivity index (χ0n) is 19.8. The fourth-order valence-electron chi connectivity index (χ4n) is 4.40. The van der Waals surface area contributed by atoms with Gasteiger partial charge in [-0.1, -0.05) is 91.0 Å². The molecule has 0 spiro atoms. The highest BCUT2D eigenvalue weighted by Gasteiger charge is 2.23. The zero-order chi connectivity index (χ0) is 24.6. The molecule has 0 aliphatic carbocycles. The molecule has 6 rings (SSSR count). The van der Waals surface area contributed by atoms with E-state index in [0.29, 0.717) is 12.8 Å². The number of aryl methyl sites for hydroxylation is 1. The Balaban J connectivity index is 0.000000477. The van der Waals surface area contributed by atoms with Crippen molar-refractivity contribution in [1.29, 1.82) is 0 Å². The SMILES string of the molecule is O=C(CCc1cccs1)OC(c1cccc2ccccc12)c1cccc2ccccc12.c1cc[nH]c1. The summed E-state index contributed by atoms with van der Waals surface area (Å²) in [6, 6.07) is 36.9. The predicted octanol–water partition coefficient (Wildman–Crippen LogP) is 8.33. The molecule has 4 aromatic carbocycles. The van der Waals surface area contributed by atoms with E-state index < -0.39 is 6.10 Å². The first kappa shape index (κ1) is 23.6. The van der Waals surface area contributed by atoms with Crippen LogP contribution in [0.1, 0.15) is 28.5 Å². The Bertz CT molecular complexity index is 1430. The maximum Gasteiger partial charge on any atom is 0.307 e. The molecule has 0 saturated carbocycles. The lowest BCUT2D eigenvalue weighted by Gasteiger charge is -2.22. The highest BCUT2D eigenvalue weighted by molar-refractivity contribution is 7.09. The number of hydrogen-bond acceptors (Lipinski definition) is 3. The van der Waals surface area contributed by atoms with Crippen LogP contribution in [0.15, 0.2) is 127 Å². The molecule has 2 heterocycles. The van der Waals surface area contributed by atoms with E-state index in [-0.39, 0.29) is 5.97 Å². The van der Waals surface area contributed by atoms with Crippen molar-refractivity contribution in [2.24, 2.45) is 0 Å². The van der Waals surface area contributed by atoms with Gasteiger partial charge in [-0.05, 0) is 51.5 Å². The van der Waals surface area contributed by atoms with Crippen LogP contribution in [-0.2, 0) is 16.0 Å². The number of carbonyl (C=O) groups excluding carboxylic acids is 1. The summed E-state index contributed by atoms with van der Waals surface area (Å²) in [5, 5.41) is 6.53. The second-order valence-electron chi connectivity index (χ2n) is 8.47. The molecule has 0 saturated heterocycles. The fraction of sp³-hybridized carbons (Fsp3) is 0.0938. The third kappa shape index (κ3) is 5.56. The number of carbonyl (C=O) groups is 1. The van der Waals surface area contributed by atoms with E-state index in [0.717, 1.165) is 32.7 Å². The minimum Gasteiger partial charge on any atom is -0.452 e. The third-order valence-corrected chi connectivity index (χ3v) is 7.05. The van der Waals surface area contributed by atoms with E-state index in [1.54, 1.807) is 11.3 Å². The molecule has 0 atom stereocenters. The van der Waals surface area contributed by atoms with E-state index in [2.05, 4.69) is 59.6 Å². The monoisotopic (exact) mass is 489 g/mol. The van der Waals surface area contributed by atoms with Gasteiger partial charge in [-0.25, -0.2) is 0 Å². The molecule has 0 aliphatic heterocycles. The lowest BCUT2D eigenvalue weighted by molar-refractivity contribution is -0.147. The fourth-order valence-corrected chi connectivity index (χ4v) is 5.11. The standard InChI is InChI=1S/C28H22O2S.C4H5N/c29-27(18-17-22-12-7-19-31-22)30-28(25-15-5-10-20-8-1-3-13-23(20)25)26-16-6-11-21-9-2-4-14-24(21)26;1-2-4-5-3-1/h1-16,19,28H,17-18H2;1-5H. The molecule has 4 heteroatoms. The Labute approximate surface area is 215 Å². The van der Waals surface area contributed by atoms with Crippen molar-refractivity contribution in [3.8, 4) is 0 Å². The lowest BCUT2D eigenvalue weighted by atomic mass is 9.92. The van der Waals surface area contributed by atoms with Crippen LogP contribution in [0.3, 0.4) is 0 Å². The summed E-state index contributed by atoms with van der Waals surface area (Å²) >= 11 is 1.67. The average Bonchev–Trinajstić information content (AvgIpc) is 3.68. The van der Waals surface area contributed by atoms with Gasteiger partial charge in [-0.15, -0.1) is 11.3 Å². The average molecular weight is 490 g/mol. The van der Waals surface area contributed by atoms with Crippen molar-refractivity contribution in [1.82, 2.24) is 4.98 Å². The molecule has 3 nitrogen and oxygen atoms in total. The van der Waals surface area contributed by atoms with Gasteiger partial charge < -0.3 is 9.72 Å². The molecule has 178 valence electrons. The Kier molecular flexibility index (Phi) is 7.55. The number of benzene rings is 4. The van der Waals surface area contributed by atoms with Crippen molar-refractivity contribution in [2.45, 2.75) is 18.9 Å². The van der Waals surface area contributed by atoms with Crippen LogP contribution in [0, 0.1) is 0 Å². The van der Waals surface area contributed by atoms with Crippen LogP contribution in [0.5, 0.6) is 0 Å². The topological polar surface area (TPSA) is 42.1 Å². The van der Waals surface area contributed by atoms with Crippen LogP contribution < -0.4 is 0 Å². The number of ether oxygens (including phenoxy) is 1. The normalized spacial score (nSPS) is 10.8. The van der Waals surface area contributed by atoms with Crippen LogP contribution in [-0.4, -0.2) is 11.0 Å². The van der Waals surface area contributed by atoms with E-state index >= 15 is 0 Å². The van der Waals surface area contributed by atoms with E-state index in [1.807, 2.05) is 72.4 Å². The molecule has 0 aliphatic rings. The quantitative estimate of drug-likeness (QED) is 0.239. The van der Waals surface area contributed by atoms with E-state index in [9.17, 15) is 4.79 Å². The number of aromatic nitrogens is 1. The van der Waals surface area contributed by atoms with Gasteiger partial charge >= 0.3 is 5.97 Å². The van der Waals surface area contributed by atoms with Crippen molar-refractivity contribution < 1.29 is 9.53 Å². The first-order valence-electron chi connectivity index (χ1n) is 12.0. The molecule has 1 N–H and O–H groups in total. The minimum absolute atomic E-state index is 0.181. The lowest BCUT2D eigenvalue weighted by Crippen LogP contribution is -2.14. The van der Waals surface area contributed by atoms with Crippen LogP contribution in [0.4, 0.5) is 0 Å². The second kappa shape index (κ2) is 11.5. The van der Waals surface area contributed by atoms with Crippen LogP contribution in [0.2, 0.25) is 0 Å². The Morgan fingerprint density at radius 2 is 1.28 bits per heavy atom. The molecule has 6 aromatic rings. The van der Waals surface area contributed by atoms with E-state index in [4.69, 9.17) is 4.74 Å². The summed E-state index contributed by atoms with van der Waals surface area (Å²) < 4.78 is 6.20. The van der Waals surface area contributed by atoms with Gasteiger partial charge in [0.05, 0.1) is 6.42 Å². The van der Waals surface area contributed by atoms with Gasteiger partial charge in [0, 0.05) is 28.4 Å². The van der Waals surface area contributed by atoms with Gasteiger partial charge in [0.1, 0.15) is 0 Å². The molecule has 0 unspecified atom stereocenters. The first-order valence-corrected chi connectivity index (χ1v) is 12.9. The molecule has 0 bridgehead atoms. The molecular formula is C32H27NO2S. The number of fused-ring (bicyclic) bond motifs is 2. The van der Waals surface area contributed by atoms with Gasteiger partial charge in [-0.3, -0.25) is 4.79 Å². The predicted molar refractivity (Wildman–Crippen MR) is 149 cm³/mol. The minimum atomic E-state index is -0.465. The largest absolute Gasteiger partial charge is 0.452 e. The maximum absolute atomic E-state index is 12.9. The summed E-state index contributed by atoms with van der Waals surface area (Å²) in [5.41, 5.74) is 2.03. The number of rotatable bonds is 6. The van der Waals surface area contributed by atoms with Crippen LogP contribution >= 0.6 is 11.3 Å². The molecule has 2 aromatic heterocycles. The Morgan fingerprint density at radius 3 is 1.81 bits per heavy atom. The zero-order valence-corrected chi connectivity index (χ0v) is 20.7.